The molecule has 0 aliphatic carbocycles. The van der Waals surface area contributed by atoms with Gasteiger partial charge in [-0.15, -0.1) is 0 Å². The van der Waals surface area contributed by atoms with Crippen LogP contribution in [0.25, 0.3) is 0 Å². The smallest absolute Gasteiger partial charge is 0.404 e. The predicted octanol–water partition coefficient (Wildman–Crippen LogP) is 2.77. The molecule has 0 aromatic carbocycles. The van der Waals surface area contributed by atoms with E-state index in [4.69, 9.17) is 10.2 Å². The van der Waals surface area contributed by atoms with Crippen molar-refractivity contribution in [1.29, 1.82) is 0 Å². The van der Waals surface area contributed by atoms with Gasteiger partial charge in [-0.25, -0.2) is 0 Å². The van der Waals surface area contributed by atoms with Gasteiger partial charge in [0, 0.05) is 0 Å². The van der Waals surface area contributed by atoms with Crippen LogP contribution in [-0.2, 0) is 0 Å². The third kappa shape index (κ3) is 3.36. The fraction of sp³-hybridized carbons (Fsp3) is 0.600. The van der Waals surface area contributed by atoms with Gasteiger partial charge >= 0.3 is 5.88 Å². The Bertz CT molecular complexity index is 322. The molecule has 0 saturated heterocycles. The lowest BCUT2D eigenvalue weighted by molar-refractivity contribution is -0.402. The van der Waals surface area contributed by atoms with Crippen molar-refractivity contribution in [2.24, 2.45) is 5.73 Å². The summed E-state index contributed by atoms with van der Waals surface area (Å²) in [5, 5.41) is 10.4. The monoisotopic (exact) mass is 212 g/mol. The second kappa shape index (κ2) is 5.50. The van der Waals surface area contributed by atoms with Gasteiger partial charge in [-0.1, -0.05) is 26.2 Å². The van der Waals surface area contributed by atoms with Crippen LogP contribution < -0.4 is 5.73 Å². The summed E-state index contributed by atoms with van der Waals surface area (Å²) in [4.78, 5) is 9.81. The molecule has 1 rings (SSSR count). The Morgan fingerprint density at radius 2 is 2.27 bits per heavy atom. The van der Waals surface area contributed by atoms with Gasteiger partial charge in [0.05, 0.1) is 12.1 Å². The maximum atomic E-state index is 10.4. The minimum Gasteiger partial charge on any atom is -0.404 e. The fourth-order valence-electron chi connectivity index (χ4n) is 1.40. The Balaban J connectivity index is 2.50. The summed E-state index contributed by atoms with van der Waals surface area (Å²) in [5.74, 6) is 0.258. The fourth-order valence-corrected chi connectivity index (χ4v) is 1.40. The molecule has 0 saturated carbocycles. The maximum absolute atomic E-state index is 10.4. The van der Waals surface area contributed by atoms with Crippen LogP contribution in [0.3, 0.4) is 0 Å². The lowest BCUT2D eigenvalue weighted by Gasteiger charge is -2.06. The molecule has 2 N–H and O–H groups in total. The summed E-state index contributed by atoms with van der Waals surface area (Å²) in [6.07, 6.45) is 4.08. The van der Waals surface area contributed by atoms with Crippen molar-refractivity contribution in [2.75, 3.05) is 0 Å². The highest BCUT2D eigenvalue weighted by molar-refractivity contribution is 5.19. The first-order chi connectivity index (χ1) is 7.15. The quantitative estimate of drug-likeness (QED) is 0.446. The van der Waals surface area contributed by atoms with E-state index in [1.165, 1.54) is 6.07 Å². The molecule has 0 bridgehead atoms. The van der Waals surface area contributed by atoms with Crippen LogP contribution in [-0.4, -0.2) is 4.92 Å². The molecular weight excluding hydrogens is 196 g/mol. The molecule has 0 aliphatic rings. The summed E-state index contributed by atoms with van der Waals surface area (Å²) in [7, 11) is 0. The summed E-state index contributed by atoms with van der Waals surface area (Å²) in [6.45, 7) is 2.11. The Morgan fingerprint density at radius 1 is 1.53 bits per heavy atom. The van der Waals surface area contributed by atoms with Crippen molar-refractivity contribution in [3.05, 3.63) is 28.0 Å². The number of nitrogens with zero attached hydrogens (tertiary/aromatic N) is 1. The van der Waals surface area contributed by atoms with E-state index >= 15 is 0 Å². The minimum absolute atomic E-state index is 0.231. The third-order valence-corrected chi connectivity index (χ3v) is 2.28. The van der Waals surface area contributed by atoms with E-state index in [-0.39, 0.29) is 11.9 Å². The molecule has 0 aliphatic heterocycles. The molecule has 0 spiro atoms. The van der Waals surface area contributed by atoms with Gasteiger partial charge in [-0.05, 0) is 12.5 Å². The second-order valence-corrected chi connectivity index (χ2v) is 3.54. The average Bonchev–Trinajstić information content (AvgIpc) is 2.66. The number of rotatable bonds is 6. The van der Waals surface area contributed by atoms with E-state index in [9.17, 15) is 10.1 Å². The summed E-state index contributed by atoms with van der Waals surface area (Å²) < 4.78 is 5.01. The molecule has 0 amide bonds. The summed E-state index contributed by atoms with van der Waals surface area (Å²) >= 11 is 0. The molecule has 1 aromatic rings. The highest BCUT2D eigenvalue weighted by atomic mass is 16.6. The van der Waals surface area contributed by atoms with Crippen LogP contribution >= 0.6 is 0 Å². The summed E-state index contributed by atoms with van der Waals surface area (Å²) in [6, 6.07) is 2.69. The molecule has 1 aromatic heterocycles. The SMILES string of the molecule is CCCCC[C@H](N)c1ccc([N+](=O)[O-])o1. The van der Waals surface area contributed by atoms with Crippen molar-refractivity contribution >= 4 is 5.88 Å². The van der Waals surface area contributed by atoms with Gasteiger partial charge in [0.15, 0.2) is 0 Å². The van der Waals surface area contributed by atoms with E-state index in [0.29, 0.717) is 5.76 Å². The number of unbranched alkanes of at least 4 members (excludes halogenated alkanes) is 2. The van der Waals surface area contributed by atoms with Gasteiger partial charge in [-0.2, -0.15) is 0 Å². The highest BCUT2D eigenvalue weighted by Crippen LogP contribution is 2.23. The summed E-state index contributed by atoms with van der Waals surface area (Å²) in [5.41, 5.74) is 5.83. The molecule has 84 valence electrons. The minimum atomic E-state index is -0.553. The third-order valence-electron chi connectivity index (χ3n) is 2.28. The van der Waals surface area contributed by atoms with Crippen molar-refractivity contribution in [1.82, 2.24) is 0 Å². The normalized spacial score (nSPS) is 12.7. The van der Waals surface area contributed by atoms with Gasteiger partial charge < -0.3 is 10.2 Å². The van der Waals surface area contributed by atoms with Crippen LogP contribution in [0.2, 0.25) is 0 Å². The first-order valence-corrected chi connectivity index (χ1v) is 5.15. The molecule has 1 heterocycles. The van der Waals surface area contributed by atoms with Crippen molar-refractivity contribution in [3.8, 4) is 0 Å². The molecule has 0 fully saturated rings. The number of hydrogen-bond acceptors (Lipinski definition) is 4. The lowest BCUT2D eigenvalue weighted by atomic mass is 10.1. The zero-order chi connectivity index (χ0) is 11.3. The van der Waals surface area contributed by atoms with E-state index in [0.717, 1.165) is 25.7 Å². The standard InChI is InChI=1S/C10H16N2O3/c1-2-3-4-5-8(11)9-6-7-10(15-9)12(13)14/h6-8H,2-5,11H2,1H3/t8-/m0/s1. The van der Waals surface area contributed by atoms with Crippen LogP contribution in [0.15, 0.2) is 16.5 Å². The van der Waals surface area contributed by atoms with Crippen molar-refractivity contribution in [2.45, 2.75) is 38.6 Å². The number of hydrogen-bond donors (Lipinski definition) is 1. The van der Waals surface area contributed by atoms with Gasteiger partial charge in [0.1, 0.15) is 10.7 Å². The Morgan fingerprint density at radius 3 is 2.80 bits per heavy atom. The highest BCUT2D eigenvalue weighted by Gasteiger charge is 2.16. The van der Waals surface area contributed by atoms with Crippen molar-refractivity contribution < 1.29 is 9.34 Å². The Labute approximate surface area is 88.4 Å². The molecule has 5 nitrogen and oxygen atoms in total. The average molecular weight is 212 g/mol. The van der Waals surface area contributed by atoms with Gasteiger partial charge in [0.25, 0.3) is 0 Å². The van der Waals surface area contributed by atoms with E-state index < -0.39 is 4.92 Å². The predicted molar refractivity (Wildman–Crippen MR) is 56.4 cm³/mol. The topological polar surface area (TPSA) is 82.3 Å². The Hall–Kier alpha value is -1.36. The van der Waals surface area contributed by atoms with E-state index in [2.05, 4.69) is 6.92 Å². The first kappa shape index (κ1) is 11.7. The molecule has 15 heavy (non-hydrogen) atoms. The van der Waals surface area contributed by atoms with Crippen LogP contribution in [0, 0.1) is 10.1 Å². The number of furan rings is 1. The zero-order valence-corrected chi connectivity index (χ0v) is 8.81. The van der Waals surface area contributed by atoms with Crippen LogP contribution in [0.5, 0.6) is 0 Å². The Kier molecular flexibility index (Phi) is 4.30. The number of nitrogens with two attached hydrogens (primary N) is 1. The van der Waals surface area contributed by atoms with E-state index in [1.54, 1.807) is 6.07 Å². The lowest BCUT2D eigenvalue weighted by Crippen LogP contribution is -2.08. The molecule has 0 radical (unpaired) electrons. The molecule has 5 heteroatoms. The molecule has 0 unspecified atom stereocenters. The second-order valence-electron chi connectivity index (χ2n) is 3.54. The largest absolute Gasteiger partial charge is 0.433 e. The molecular formula is C10H16N2O3. The maximum Gasteiger partial charge on any atom is 0.433 e. The number of nitro groups is 1. The van der Waals surface area contributed by atoms with Gasteiger partial charge in [0.2, 0.25) is 0 Å². The molecule has 1 atom stereocenters. The van der Waals surface area contributed by atoms with Crippen LogP contribution in [0.4, 0.5) is 5.88 Å². The zero-order valence-electron chi connectivity index (χ0n) is 8.81. The first-order valence-electron chi connectivity index (χ1n) is 5.15. The van der Waals surface area contributed by atoms with Crippen LogP contribution in [0.1, 0.15) is 44.4 Å². The van der Waals surface area contributed by atoms with Gasteiger partial charge in [-0.3, -0.25) is 10.1 Å². The van der Waals surface area contributed by atoms with Crippen molar-refractivity contribution in [3.63, 3.8) is 0 Å². The van der Waals surface area contributed by atoms with E-state index in [1.807, 2.05) is 0 Å².